The summed E-state index contributed by atoms with van der Waals surface area (Å²) in [6.07, 6.45) is 2.11. The molecule has 0 aliphatic heterocycles. The van der Waals surface area contributed by atoms with Gasteiger partial charge >= 0.3 is 0 Å². The summed E-state index contributed by atoms with van der Waals surface area (Å²) in [6.45, 7) is 2.13. The van der Waals surface area contributed by atoms with Crippen LogP contribution in [0.25, 0.3) is 0 Å². The second-order valence-electron chi connectivity index (χ2n) is 2.94. The first kappa shape index (κ1) is 13.6. The molecule has 1 atom stereocenters. The molecule has 0 aromatic carbocycles. The SMILES string of the molecule is OCCN(CCCCS)CC(O)S. The van der Waals surface area contributed by atoms with Crippen LogP contribution >= 0.6 is 25.3 Å². The highest BCUT2D eigenvalue weighted by Crippen LogP contribution is 2.00. The minimum atomic E-state index is -0.623. The lowest BCUT2D eigenvalue weighted by Gasteiger charge is -2.21. The number of aliphatic hydroxyl groups excluding tert-OH is 2. The van der Waals surface area contributed by atoms with E-state index in [9.17, 15) is 0 Å². The molecule has 0 aromatic rings. The molecule has 3 nitrogen and oxygen atoms in total. The molecule has 0 bridgehead atoms. The standard InChI is InChI=1S/C8H19NO2S2/c10-5-4-9(7-8(11)13)3-1-2-6-12/h8,10-13H,1-7H2. The van der Waals surface area contributed by atoms with E-state index in [4.69, 9.17) is 10.2 Å². The topological polar surface area (TPSA) is 43.7 Å². The van der Waals surface area contributed by atoms with Crippen molar-refractivity contribution in [3.8, 4) is 0 Å². The van der Waals surface area contributed by atoms with Gasteiger partial charge in [-0.3, -0.25) is 4.90 Å². The fourth-order valence-corrected chi connectivity index (χ4v) is 1.57. The van der Waals surface area contributed by atoms with E-state index in [2.05, 4.69) is 25.3 Å². The maximum atomic E-state index is 9.03. The van der Waals surface area contributed by atoms with Crippen molar-refractivity contribution in [2.75, 3.05) is 32.0 Å². The number of hydrogen-bond donors (Lipinski definition) is 4. The molecule has 0 rings (SSSR count). The quantitative estimate of drug-likeness (QED) is 0.272. The maximum absolute atomic E-state index is 9.03. The summed E-state index contributed by atoms with van der Waals surface area (Å²) in [5.74, 6) is 0.885. The Labute approximate surface area is 91.0 Å². The average molecular weight is 225 g/mol. The number of nitrogens with zero attached hydrogens (tertiary/aromatic N) is 1. The van der Waals surface area contributed by atoms with Crippen LogP contribution < -0.4 is 0 Å². The normalized spacial score (nSPS) is 13.6. The first-order chi connectivity index (χ1) is 6.20. The molecule has 0 radical (unpaired) electrons. The summed E-state index contributed by atoms with van der Waals surface area (Å²) in [5, 5.41) is 17.8. The summed E-state index contributed by atoms with van der Waals surface area (Å²) < 4.78 is 0. The third kappa shape index (κ3) is 8.90. The molecule has 0 spiro atoms. The van der Waals surface area contributed by atoms with Gasteiger partial charge in [-0.1, -0.05) is 0 Å². The number of aliphatic hydroxyl groups is 2. The molecule has 5 heteroatoms. The van der Waals surface area contributed by atoms with E-state index in [1.807, 2.05) is 4.90 Å². The Morgan fingerprint density at radius 2 is 1.92 bits per heavy atom. The number of unbranched alkanes of at least 4 members (excludes halogenated alkanes) is 1. The zero-order valence-electron chi connectivity index (χ0n) is 7.76. The Hall–Kier alpha value is 0.580. The van der Waals surface area contributed by atoms with E-state index >= 15 is 0 Å². The summed E-state index contributed by atoms with van der Waals surface area (Å²) in [6, 6.07) is 0. The summed E-state index contributed by atoms with van der Waals surface area (Å²) in [4.78, 5) is 2.00. The predicted octanol–water partition coefficient (Wildman–Crippen LogP) is 0.239. The first-order valence-electron chi connectivity index (χ1n) is 4.51. The third-order valence-electron chi connectivity index (χ3n) is 1.72. The molecule has 0 saturated heterocycles. The second-order valence-corrected chi connectivity index (χ2v) is 3.98. The minimum Gasteiger partial charge on any atom is -0.395 e. The van der Waals surface area contributed by atoms with Crippen molar-refractivity contribution in [1.82, 2.24) is 4.90 Å². The van der Waals surface area contributed by atoms with E-state index in [0.717, 1.165) is 25.1 Å². The van der Waals surface area contributed by atoms with E-state index in [-0.39, 0.29) is 6.61 Å². The van der Waals surface area contributed by atoms with Gasteiger partial charge in [-0.15, -0.1) is 12.6 Å². The van der Waals surface area contributed by atoms with Gasteiger partial charge in [0, 0.05) is 13.1 Å². The van der Waals surface area contributed by atoms with Crippen LogP contribution in [0.3, 0.4) is 0 Å². The van der Waals surface area contributed by atoms with E-state index in [1.54, 1.807) is 0 Å². The Morgan fingerprint density at radius 1 is 1.23 bits per heavy atom. The van der Waals surface area contributed by atoms with Gasteiger partial charge in [-0.2, -0.15) is 12.6 Å². The van der Waals surface area contributed by atoms with Crippen molar-refractivity contribution >= 4 is 25.3 Å². The van der Waals surface area contributed by atoms with Crippen molar-refractivity contribution < 1.29 is 10.2 Å². The van der Waals surface area contributed by atoms with E-state index in [0.29, 0.717) is 13.1 Å². The molecule has 0 amide bonds. The molecule has 0 saturated carbocycles. The molecule has 0 aromatic heterocycles. The van der Waals surface area contributed by atoms with Crippen LogP contribution in [0.15, 0.2) is 0 Å². The van der Waals surface area contributed by atoms with Crippen molar-refractivity contribution in [3.63, 3.8) is 0 Å². The van der Waals surface area contributed by atoms with Crippen LogP contribution in [0.1, 0.15) is 12.8 Å². The lowest BCUT2D eigenvalue weighted by Crippen LogP contribution is -2.33. The van der Waals surface area contributed by atoms with Crippen LogP contribution in [0.4, 0.5) is 0 Å². The van der Waals surface area contributed by atoms with E-state index in [1.165, 1.54) is 0 Å². The molecule has 0 aliphatic rings. The van der Waals surface area contributed by atoms with E-state index < -0.39 is 5.44 Å². The number of thiol groups is 2. The largest absolute Gasteiger partial charge is 0.395 e. The zero-order valence-corrected chi connectivity index (χ0v) is 9.55. The van der Waals surface area contributed by atoms with Gasteiger partial charge in [0.2, 0.25) is 0 Å². The fourth-order valence-electron chi connectivity index (χ4n) is 1.11. The molecule has 80 valence electrons. The molecule has 0 heterocycles. The fraction of sp³-hybridized carbons (Fsp3) is 1.00. The van der Waals surface area contributed by atoms with Gasteiger partial charge < -0.3 is 10.2 Å². The molecule has 2 N–H and O–H groups in total. The van der Waals surface area contributed by atoms with Gasteiger partial charge in [0.05, 0.1) is 6.61 Å². The van der Waals surface area contributed by atoms with Crippen molar-refractivity contribution in [1.29, 1.82) is 0 Å². The highest BCUT2D eigenvalue weighted by atomic mass is 32.1. The van der Waals surface area contributed by atoms with Crippen LogP contribution in [0.2, 0.25) is 0 Å². The summed E-state index contributed by atoms with van der Waals surface area (Å²) in [7, 11) is 0. The molecule has 0 fully saturated rings. The van der Waals surface area contributed by atoms with Crippen LogP contribution in [0.5, 0.6) is 0 Å². The second kappa shape index (κ2) is 9.15. The highest BCUT2D eigenvalue weighted by molar-refractivity contribution is 7.80. The lowest BCUT2D eigenvalue weighted by atomic mass is 10.3. The monoisotopic (exact) mass is 225 g/mol. The van der Waals surface area contributed by atoms with Crippen LogP contribution in [-0.2, 0) is 0 Å². The van der Waals surface area contributed by atoms with Gasteiger partial charge in [0.25, 0.3) is 0 Å². The van der Waals surface area contributed by atoms with Gasteiger partial charge in [-0.05, 0) is 25.1 Å². The van der Waals surface area contributed by atoms with Crippen LogP contribution in [0, 0.1) is 0 Å². The van der Waals surface area contributed by atoms with Crippen molar-refractivity contribution in [3.05, 3.63) is 0 Å². The maximum Gasteiger partial charge on any atom is 0.109 e. The van der Waals surface area contributed by atoms with Crippen LogP contribution in [-0.4, -0.2) is 52.5 Å². The lowest BCUT2D eigenvalue weighted by molar-refractivity contribution is 0.146. The zero-order chi connectivity index (χ0) is 10.1. The Bertz CT molecular complexity index is 114. The Morgan fingerprint density at radius 3 is 2.38 bits per heavy atom. The van der Waals surface area contributed by atoms with Crippen molar-refractivity contribution in [2.45, 2.75) is 18.3 Å². The first-order valence-corrected chi connectivity index (χ1v) is 5.65. The van der Waals surface area contributed by atoms with Gasteiger partial charge in [0.1, 0.15) is 5.44 Å². The third-order valence-corrected chi connectivity index (χ3v) is 2.20. The highest BCUT2D eigenvalue weighted by Gasteiger charge is 2.06. The molecule has 13 heavy (non-hydrogen) atoms. The minimum absolute atomic E-state index is 0.126. The smallest absolute Gasteiger partial charge is 0.109 e. The molecule has 1 unspecified atom stereocenters. The molecule has 0 aliphatic carbocycles. The average Bonchev–Trinajstić information content (AvgIpc) is 2.04. The molecular formula is C8H19NO2S2. The van der Waals surface area contributed by atoms with Crippen molar-refractivity contribution in [2.24, 2.45) is 0 Å². The Balaban J connectivity index is 3.53. The summed E-state index contributed by atoms with van der Waals surface area (Å²) >= 11 is 8.01. The number of rotatable bonds is 8. The number of hydrogen-bond acceptors (Lipinski definition) is 5. The molecular weight excluding hydrogens is 206 g/mol. The summed E-state index contributed by atoms with van der Waals surface area (Å²) in [5.41, 5.74) is -0.623. The van der Waals surface area contributed by atoms with Gasteiger partial charge in [0.15, 0.2) is 0 Å². The van der Waals surface area contributed by atoms with Gasteiger partial charge in [-0.25, -0.2) is 0 Å². The predicted molar refractivity (Wildman–Crippen MR) is 61.6 cm³/mol. The Kier molecular flexibility index (Phi) is 9.56.